The van der Waals surface area contributed by atoms with Crippen LogP contribution in [-0.4, -0.2) is 0 Å². The van der Waals surface area contributed by atoms with Gasteiger partial charge in [-0.25, -0.2) is 0 Å². The lowest BCUT2D eigenvalue weighted by atomic mass is 10.1. The Kier molecular flexibility index (Phi) is 3.97. The zero-order valence-electron chi connectivity index (χ0n) is 10.4. The van der Waals surface area contributed by atoms with Crippen LogP contribution in [0.3, 0.4) is 0 Å². The molecule has 0 radical (unpaired) electrons. The van der Waals surface area contributed by atoms with Crippen molar-refractivity contribution in [3.05, 3.63) is 47.4 Å². The quantitative estimate of drug-likeness (QED) is 0.437. The highest BCUT2D eigenvalue weighted by molar-refractivity contribution is 5.80. The van der Waals surface area contributed by atoms with Gasteiger partial charge < -0.3 is 5.21 Å². The van der Waals surface area contributed by atoms with Crippen LogP contribution >= 0.6 is 0 Å². The van der Waals surface area contributed by atoms with E-state index in [0.717, 1.165) is 34.0 Å². The summed E-state index contributed by atoms with van der Waals surface area (Å²) in [6.45, 7) is 2.20. The Morgan fingerprint density at radius 2 is 1.82 bits per heavy atom. The lowest BCUT2D eigenvalue weighted by Crippen LogP contribution is -2.31. The molecule has 1 aromatic heterocycles. The van der Waals surface area contributed by atoms with Crippen LogP contribution in [0.5, 0.6) is 0 Å². The first-order chi connectivity index (χ1) is 8.31. The highest BCUT2D eigenvalue weighted by Gasteiger charge is 2.06. The van der Waals surface area contributed by atoms with E-state index >= 15 is 0 Å². The van der Waals surface area contributed by atoms with Gasteiger partial charge in [0.05, 0.1) is 0 Å². The monoisotopic (exact) mass is 229 g/mol. The summed E-state index contributed by atoms with van der Waals surface area (Å²) in [7, 11) is 0. The largest absolute Gasteiger partial charge is 0.618 e. The number of benzene rings is 1. The van der Waals surface area contributed by atoms with Gasteiger partial charge in [-0.15, -0.1) is 0 Å². The number of hydrogen-bond acceptors (Lipinski definition) is 1. The second kappa shape index (κ2) is 5.67. The molecule has 0 aliphatic carbocycles. The third-order valence-corrected chi connectivity index (χ3v) is 3.14. The van der Waals surface area contributed by atoms with Crippen LogP contribution < -0.4 is 4.73 Å². The van der Waals surface area contributed by atoms with E-state index in [9.17, 15) is 5.21 Å². The standard InChI is InChI=1S/C15H19NO/c1-2-3-4-5-10-15-11-13-8-6-7-9-14(13)12-16(15)17/h6-9,11-12H,2-5,10H2,1H3. The van der Waals surface area contributed by atoms with E-state index in [1.54, 1.807) is 6.20 Å². The van der Waals surface area contributed by atoms with Crippen LogP contribution in [-0.2, 0) is 6.42 Å². The zero-order chi connectivity index (χ0) is 12.1. The summed E-state index contributed by atoms with van der Waals surface area (Å²) in [4.78, 5) is 0. The lowest BCUT2D eigenvalue weighted by molar-refractivity contribution is -0.612. The fourth-order valence-corrected chi connectivity index (χ4v) is 2.13. The Morgan fingerprint density at radius 3 is 2.59 bits per heavy atom. The third kappa shape index (κ3) is 2.96. The first-order valence-corrected chi connectivity index (χ1v) is 6.42. The van der Waals surface area contributed by atoms with Crippen molar-refractivity contribution < 1.29 is 4.73 Å². The predicted octanol–water partition coefficient (Wildman–Crippen LogP) is 3.60. The normalized spacial score (nSPS) is 10.9. The minimum absolute atomic E-state index is 0.883. The molecule has 90 valence electrons. The molecular weight excluding hydrogens is 210 g/mol. The van der Waals surface area contributed by atoms with Gasteiger partial charge in [0.15, 0.2) is 11.9 Å². The topological polar surface area (TPSA) is 26.9 Å². The Labute approximate surface area is 102 Å². The molecule has 1 heterocycles. The molecule has 0 unspecified atom stereocenters. The molecule has 2 heteroatoms. The second-order valence-corrected chi connectivity index (χ2v) is 4.53. The minimum Gasteiger partial charge on any atom is -0.618 e. The molecule has 0 aliphatic heterocycles. The van der Waals surface area contributed by atoms with Crippen molar-refractivity contribution in [2.24, 2.45) is 0 Å². The van der Waals surface area contributed by atoms with Crippen LogP contribution in [0.4, 0.5) is 0 Å². The summed E-state index contributed by atoms with van der Waals surface area (Å²) in [5.74, 6) is 0. The molecule has 2 rings (SSSR count). The molecule has 0 spiro atoms. The minimum atomic E-state index is 0.883. The molecule has 0 bridgehead atoms. The van der Waals surface area contributed by atoms with Crippen LogP contribution in [0.15, 0.2) is 36.5 Å². The van der Waals surface area contributed by atoms with Crippen molar-refractivity contribution in [3.8, 4) is 0 Å². The number of rotatable bonds is 5. The van der Waals surface area contributed by atoms with E-state index in [2.05, 4.69) is 13.0 Å². The van der Waals surface area contributed by atoms with E-state index in [4.69, 9.17) is 0 Å². The predicted molar refractivity (Wildman–Crippen MR) is 70.8 cm³/mol. The van der Waals surface area contributed by atoms with Crippen LogP contribution in [0.1, 0.15) is 38.3 Å². The Morgan fingerprint density at radius 1 is 1.06 bits per heavy atom. The summed E-state index contributed by atoms with van der Waals surface area (Å²) in [6.07, 6.45) is 7.37. The Bertz CT molecular complexity index is 493. The molecular formula is C15H19NO. The highest BCUT2D eigenvalue weighted by Crippen LogP contribution is 2.14. The van der Waals surface area contributed by atoms with E-state index in [-0.39, 0.29) is 0 Å². The van der Waals surface area contributed by atoms with Gasteiger partial charge in [-0.05, 0) is 17.9 Å². The van der Waals surface area contributed by atoms with E-state index in [1.807, 2.05) is 24.3 Å². The number of aryl methyl sites for hydroxylation is 1. The molecule has 0 aliphatic rings. The van der Waals surface area contributed by atoms with Gasteiger partial charge >= 0.3 is 0 Å². The molecule has 17 heavy (non-hydrogen) atoms. The maximum Gasteiger partial charge on any atom is 0.193 e. The van der Waals surface area contributed by atoms with Crippen molar-refractivity contribution in [2.75, 3.05) is 0 Å². The summed E-state index contributed by atoms with van der Waals surface area (Å²) in [5, 5.41) is 14.0. The van der Waals surface area contributed by atoms with E-state index < -0.39 is 0 Å². The van der Waals surface area contributed by atoms with Crippen molar-refractivity contribution in [1.82, 2.24) is 0 Å². The van der Waals surface area contributed by atoms with Gasteiger partial charge in [-0.1, -0.05) is 44.4 Å². The SMILES string of the molecule is CCCCCCc1cc2ccccc2c[n+]1[O-]. The van der Waals surface area contributed by atoms with Gasteiger partial charge in [0.25, 0.3) is 0 Å². The van der Waals surface area contributed by atoms with Crippen LogP contribution in [0.2, 0.25) is 0 Å². The average molecular weight is 229 g/mol. The first-order valence-electron chi connectivity index (χ1n) is 6.42. The molecule has 0 atom stereocenters. The van der Waals surface area contributed by atoms with Crippen molar-refractivity contribution in [1.29, 1.82) is 0 Å². The number of unbranched alkanes of at least 4 members (excludes halogenated alkanes) is 3. The van der Waals surface area contributed by atoms with Crippen molar-refractivity contribution in [2.45, 2.75) is 39.0 Å². The molecule has 0 fully saturated rings. The molecule has 0 saturated heterocycles. The fourth-order valence-electron chi connectivity index (χ4n) is 2.13. The fraction of sp³-hybridized carbons (Fsp3) is 0.400. The summed E-state index contributed by atoms with van der Waals surface area (Å²) >= 11 is 0. The molecule has 0 saturated carbocycles. The second-order valence-electron chi connectivity index (χ2n) is 4.53. The number of aromatic nitrogens is 1. The number of pyridine rings is 1. The summed E-state index contributed by atoms with van der Waals surface area (Å²) in [6, 6.07) is 10.0. The molecule has 0 N–H and O–H groups in total. The number of hydrogen-bond donors (Lipinski definition) is 0. The lowest BCUT2D eigenvalue weighted by Gasteiger charge is -2.06. The van der Waals surface area contributed by atoms with Crippen molar-refractivity contribution in [3.63, 3.8) is 0 Å². The summed E-state index contributed by atoms with van der Waals surface area (Å²) in [5.41, 5.74) is 0.889. The van der Waals surface area contributed by atoms with Gasteiger partial charge in [-0.2, -0.15) is 4.73 Å². The zero-order valence-corrected chi connectivity index (χ0v) is 10.4. The smallest absolute Gasteiger partial charge is 0.193 e. The molecule has 2 nitrogen and oxygen atoms in total. The summed E-state index contributed by atoms with van der Waals surface area (Å²) < 4.78 is 1.02. The average Bonchev–Trinajstić information content (AvgIpc) is 2.35. The molecule has 2 aromatic rings. The van der Waals surface area contributed by atoms with Crippen LogP contribution in [0.25, 0.3) is 10.8 Å². The Balaban J connectivity index is 2.14. The third-order valence-electron chi connectivity index (χ3n) is 3.14. The van der Waals surface area contributed by atoms with Gasteiger partial charge in [0.2, 0.25) is 0 Å². The van der Waals surface area contributed by atoms with E-state index in [1.165, 1.54) is 19.3 Å². The number of fused-ring (bicyclic) bond motifs is 1. The Hall–Kier alpha value is -1.57. The van der Waals surface area contributed by atoms with Gasteiger partial charge in [0, 0.05) is 17.9 Å². The van der Waals surface area contributed by atoms with Gasteiger partial charge in [0.1, 0.15) is 0 Å². The number of nitrogens with zero attached hydrogens (tertiary/aromatic N) is 1. The maximum atomic E-state index is 11.8. The van der Waals surface area contributed by atoms with Gasteiger partial charge in [-0.3, -0.25) is 0 Å². The van der Waals surface area contributed by atoms with E-state index in [0.29, 0.717) is 0 Å². The molecule has 0 amide bonds. The maximum absolute atomic E-state index is 11.8. The molecule has 1 aromatic carbocycles. The van der Waals surface area contributed by atoms with Crippen molar-refractivity contribution >= 4 is 10.8 Å². The first kappa shape index (κ1) is 11.9. The van der Waals surface area contributed by atoms with Crippen LogP contribution in [0, 0.1) is 5.21 Å². The highest BCUT2D eigenvalue weighted by atomic mass is 16.5.